The van der Waals surface area contributed by atoms with Gasteiger partial charge in [-0.3, -0.25) is 20.0 Å². The topological polar surface area (TPSA) is 112 Å². The number of nitrogens with zero attached hydrogens (tertiary/aromatic N) is 3. The number of carbonyl (C=O) groups is 2. The summed E-state index contributed by atoms with van der Waals surface area (Å²) in [6, 6.07) is 5.99. The third kappa shape index (κ3) is 4.61. The Morgan fingerprint density at radius 3 is 2.57 bits per heavy atom. The first-order valence-electron chi connectivity index (χ1n) is 9.92. The van der Waals surface area contributed by atoms with Crippen LogP contribution in [0.2, 0.25) is 0 Å². The number of aromatic nitrogens is 1. The summed E-state index contributed by atoms with van der Waals surface area (Å²) >= 11 is 0. The van der Waals surface area contributed by atoms with Crippen molar-refractivity contribution >= 4 is 32.9 Å². The zero-order valence-corrected chi connectivity index (χ0v) is 18.2. The van der Waals surface area contributed by atoms with E-state index in [0.29, 0.717) is 25.2 Å². The number of carbonyl (C=O) groups excluding carboxylic acids is 2. The van der Waals surface area contributed by atoms with Gasteiger partial charge in [0.15, 0.2) is 0 Å². The summed E-state index contributed by atoms with van der Waals surface area (Å²) in [4.78, 5) is 30.2. The van der Waals surface area contributed by atoms with E-state index in [1.54, 1.807) is 32.2 Å². The van der Waals surface area contributed by atoms with E-state index in [0.717, 1.165) is 10.9 Å². The summed E-state index contributed by atoms with van der Waals surface area (Å²) in [5, 5.41) is 5.60. The molecule has 2 aromatic rings. The smallest absolute Gasteiger partial charge is 0.321 e. The molecule has 1 unspecified atom stereocenters. The van der Waals surface area contributed by atoms with Crippen molar-refractivity contribution in [3.8, 4) is 0 Å². The van der Waals surface area contributed by atoms with Crippen LogP contribution in [0.5, 0.6) is 0 Å². The number of piperazine rings is 1. The number of sulfonamides is 1. The minimum absolute atomic E-state index is 0.190. The van der Waals surface area contributed by atoms with Gasteiger partial charge in [0.2, 0.25) is 15.9 Å². The molecular weight excluding hydrogens is 406 g/mol. The minimum atomic E-state index is -3.72. The van der Waals surface area contributed by atoms with Crippen molar-refractivity contribution in [1.82, 2.24) is 24.8 Å². The minimum Gasteiger partial charge on any atom is -0.338 e. The first-order chi connectivity index (χ1) is 14.2. The number of hydrogen-bond donors (Lipinski definition) is 2. The Balaban J connectivity index is 1.70. The number of urea groups is 1. The molecule has 3 rings (SSSR count). The maximum Gasteiger partial charge on any atom is 0.321 e. The molecule has 1 saturated heterocycles. The molecule has 2 heterocycles. The van der Waals surface area contributed by atoms with Crippen LogP contribution in [0.25, 0.3) is 10.9 Å². The van der Waals surface area contributed by atoms with Crippen molar-refractivity contribution in [1.29, 1.82) is 0 Å². The van der Waals surface area contributed by atoms with Gasteiger partial charge in [-0.15, -0.1) is 0 Å². The van der Waals surface area contributed by atoms with Crippen LogP contribution in [-0.2, 0) is 14.8 Å². The highest BCUT2D eigenvalue weighted by molar-refractivity contribution is 7.89. The molecule has 30 heavy (non-hydrogen) atoms. The SMILES string of the molecule is CCNC(=O)NC(=O)C(C)N1CCN(S(=O)(=O)c2cccc3cc(C)cnc23)CC1. The van der Waals surface area contributed by atoms with Crippen LogP contribution in [0.15, 0.2) is 35.4 Å². The lowest BCUT2D eigenvalue weighted by atomic mass is 10.2. The second kappa shape index (κ2) is 9.07. The van der Waals surface area contributed by atoms with Crippen LogP contribution in [0, 0.1) is 6.92 Å². The third-order valence-electron chi connectivity index (χ3n) is 5.20. The van der Waals surface area contributed by atoms with Gasteiger partial charge in [0, 0.05) is 44.3 Å². The summed E-state index contributed by atoms with van der Waals surface area (Å²) in [6.45, 7) is 7.09. The highest BCUT2D eigenvalue weighted by Gasteiger charge is 2.33. The second-order valence-corrected chi connectivity index (χ2v) is 9.21. The van der Waals surface area contributed by atoms with Gasteiger partial charge >= 0.3 is 6.03 Å². The number of nitrogens with one attached hydrogen (secondary N) is 2. The first kappa shape index (κ1) is 22.1. The fraction of sp³-hybridized carbons (Fsp3) is 0.450. The Labute approximate surface area is 176 Å². The maximum atomic E-state index is 13.2. The van der Waals surface area contributed by atoms with Gasteiger partial charge < -0.3 is 5.32 Å². The van der Waals surface area contributed by atoms with Gasteiger partial charge in [0.05, 0.1) is 11.6 Å². The summed E-state index contributed by atoms with van der Waals surface area (Å²) in [5.41, 5.74) is 1.42. The molecule has 0 spiro atoms. The van der Waals surface area contributed by atoms with Gasteiger partial charge in [0.25, 0.3) is 0 Å². The Hall–Kier alpha value is -2.56. The van der Waals surface area contributed by atoms with Gasteiger partial charge in [-0.25, -0.2) is 13.2 Å². The van der Waals surface area contributed by atoms with E-state index in [9.17, 15) is 18.0 Å². The van der Waals surface area contributed by atoms with Crippen LogP contribution in [0.3, 0.4) is 0 Å². The fourth-order valence-electron chi connectivity index (χ4n) is 3.51. The fourth-order valence-corrected chi connectivity index (χ4v) is 5.10. The predicted molar refractivity (Wildman–Crippen MR) is 113 cm³/mol. The van der Waals surface area contributed by atoms with Gasteiger partial charge in [-0.1, -0.05) is 12.1 Å². The molecule has 1 aromatic carbocycles. The van der Waals surface area contributed by atoms with E-state index in [1.165, 1.54) is 4.31 Å². The zero-order chi connectivity index (χ0) is 21.9. The zero-order valence-electron chi connectivity index (χ0n) is 17.4. The van der Waals surface area contributed by atoms with Crippen LogP contribution in [-0.4, -0.2) is 73.3 Å². The quantitative estimate of drug-likeness (QED) is 0.730. The normalized spacial score (nSPS) is 16.9. The summed E-state index contributed by atoms with van der Waals surface area (Å²) in [7, 11) is -3.72. The Bertz CT molecular complexity index is 1050. The molecule has 3 amide bonds. The maximum absolute atomic E-state index is 13.2. The molecule has 0 radical (unpaired) electrons. The van der Waals surface area contributed by atoms with E-state index < -0.39 is 28.0 Å². The number of hydrogen-bond acceptors (Lipinski definition) is 6. The van der Waals surface area contributed by atoms with Crippen molar-refractivity contribution in [3.05, 3.63) is 36.0 Å². The van der Waals surface area contributed by atoms with Crippen molar-refractivity contribution in [3.63, 3.8) is 0 Å². The Morgan fingerprint density at radius 1 is 1.20 bits per heavy atom. The number of para-hydroxylation sites is 1. The predicted octanol–water partition coefficient (Wildman–Crippen LogP) is 1.08. The van der Waals surface area contributed by atoms with Crippen molar-refractivity contribution in [2.75, 3.05) is 32.7 Å². The van der Waals surface area contributed by atoms with Crippen LogP contribution < -0.4 is 10.6 Å². The van der Waals surface area contributed by atoms with Crippen LogP contribution >= 0.6 is 0 Å². The molecule has 0 bridgehead atoms. The van der Waals surface area contributed by atoms with Gasteiger partial charge in [-0.05, 0) is 38.5 Å². The summed E-state index contributed by atoms with van der Waals surface area (Å²) in [5.74, 6) is -0.411. The first-order valence-corrected chi connectivity index (χ1v) is 11.4. The van der Waals surface area contributed by atoms with E-state index in [4.69, 9.17) is 0 Å². The highest BCUT2D eigenvalue weighted by Crippen LogP contribution is 2.25. The van der Waals surface area contributed by atoms with Crippen molar-refractivity contribution in [2.24, 2.45) is 0 Å². The number of imide groups is 1. The number of fused-ring (bicyclic) bond motifs is 1. The molecule has 1 fully saturated rings. The number of rotatable bonds is 5. The molecule has 1 aromatic heterocycles. The average Bonchev–Trinajstić information content (AvgIpc) is 2.72. The van der Waals surface area contributed by atoms with Crippen LogP contribution in [0.4, 0.5) is 4.79 Å². The summed E-state index contributed by atoms with van der Waals surface area (Å²) < 4.78 is 27.9. The average molecular weight is 434 g/mol. The van der Waals surface area contributed by atoms with E-state index in [2.05, 4.69) is 15.6 Å². The van der Waals surface area contributed by atoms with E-state index in [1.807, 2.05) is 24.0 Å². The Morgan fingerprint density at radius 2 is 1.90 bits per heavy atom. The van der Waals surface area contributed by atoms with Gasteiger partial charge in [0.1, 0.15) is 4.90 Å². The lowest BCUT2D eigenvalue weighted by Crippen LogP contribution is -2.56. The molecule has 9 nitrogen and oxygen atoms in total. The van der Waals surface area contributed by atoms with E-state index in [-0.39, 0.29) is 18.0 Å². The van der Waals surface area contributed by atoms with Crippen LogP contribution in [0.1, 0.15) is 19.4 Å². The molecular formula is C20H27N5O4S. The molecule has 1 atom stereocenters. The molecule has 162 valence electrons. The molecule has 0 aliphatic carbocycles. The number of aryl methyl sites for hydroxylation is 1. The standard InChI is InChI=1S/C20H27N5O4S/c1-4-21-20(27)23-19(26)15(3)24-8-10-25(11-9-24)30(28,29)17-7-5-6-16-12-14(2)13-22-18(16)17/h5-7,12-13,15H,4,8-11H2,1-3H3,(H2,21,23,26,27). The molecule has 1 aliphatic rings. The second-order valence-electron chi connectivity index (χ2n) is 7.31. The van der Waals surface area contributed by atoms with Gasteiger partial charge in [-0.2, -0.15) is 4.31 Å². The lowest BCUT2D eigenvalue weighted by Gasteiger charge is -2.36. The number of amides is 3. The monoisotopic (exact) mass is 433 g/mol. The Kier molecular flexibility index (Phi) is 6.69. The largest absolute Gasteiger partial charge is 0.338 e. The summed E-state index contributed by atoms with van der Waals surface area (Å²) in [6.07, 6.45) is 1.66. The van der Waals surface area contributed by atoms with Crippen molar-refractivity contribution in [2.45, 2.75) is 31.7 Å². The van der Waals surface area contributed by atoms with E-state index >= 15 is 0 Å². The molecule has 1 aliphatic heterocycles. The lowest BCUT2D eigenvalue weighted by molar-refractivity contribution is -0.125. The number of pyridine rings is 1. The highest BCUT2D eigenvalue weighted by atomic mass is 32.2. The third-order valence-corrected chi connectivity index (χ3v) is 7.13. The molecule has 0 saturated carbocycles. The molecule has 2 N–H and O–H groups in total. The van der Waals surface area contributed by atoms with Crippen molar-refractivity contribution < 1.29 is 18.0 Å². The number of benzene rings is 1. The molecule has 10 heteroatoms.